The highest BCUT2D eigenvalue weighted by molar-refractivity contribution is 5.82. The van der Waals surface area contributed by atoms with Gasteiger partial charge in [0.05, 0.1) is 0 Å². The summed E-state index contributed by atoms with van der Waals surface area (Å²) in [5, 5.41) is 13.6. The van der Waals surface area contributed by atoms with Gasteiger partial charge in [-0.2, -0.15) is 0 Å². The van der Waals surface area contributed by atoms with Gasteiger partial charge in [0.1, 0.15) is 23.0 Å². The van der Waals surface area contributed by atoms with Crippen molar-refractivity contribution < 1.29 is 4.42 Å². The van der Waals surface area contributed by atoms with Crippen LogP contribution in [0.1, 0.15) is 43.2 Å². The molecule has 1 aromatic carbocycles. The van der Waals surface area contributed by atoms with Crippen molar-refractivity contribution in [3.8, 4) is 0 Å². The Morgan fingerprint density at radius 1 is 1.21 bits per heavy atom. The number of hydrogen-bond donors (Lipinski definition) is 1. The Morgan fingerprint density at radius 3 is 2.92 bits per heavy atom. The molecule has 3 aromatic rings. The van der Waals surface area contributed by atoms with E-state index in [-0.39, 0.29) is 0 Å². The van der Waals surface area contributed by atoms with E-state index in [1.165, 1.54) is 10.9 Å². The van der Waals surface area contributed by atoms with Crippen LogP contribution in [0.5, 0.6) is 0 Å². The van der Waals surface area contributed by atoms with Gasteiger partial charge in [-0.25, -0.2) is 0 Å². The van der Waals surface area contributed by atoms with E-state index in [1.54, 1.807) is 0 Å². The maximum Gasteiger partial charge on any atom is 0.134 e. The zero-order valence-corrected chi connectivity index (χ0v) is 14.4. The Balaban J connectivity index is 1.52. The van der Waals surface area contributed by atoms with Gasteiger partial charge >= 0.3 is 0 Å². The van der Waals surface area contributed by atoms with Crippen LogP contribution in [0.2, 0.25) is 0 Å². The van der Waals surface area contributed by atoms with Crippen LogP contribution < -0.4 is 5.32 Å². The van der Waals surface area contributed by atoms with Gasteiger partial charge in [0, 0.05) is 49.3 Å². The lowest BCUT2D eigenvalue weighted by molar-refractivity contribution is 0.372. The van der Waals surface area contributed by atoms with Crippen LogP contribution in [-0.4, -0.2) is 20.8 Å². The molecular weight excluding hydrogens is 300 g/mol. The van der Waals surface area contributed by atoms with Crippen LogP contribution in [0.4, 0.5) is 0 Å². The smallest absolute Gasteiger partial charge is 0.134 e. The second kappa shape index (κ2) is 6.40. The van der Waals surface area contributed by atoms with Gasteiger partial charge in [-0.3, -0.25) is 0 Å². The minimum absolute atomic E-state index is 0.456. The second-order valence-corrected chi connectivity index (χ2v) is 6.47. The highest BCUT2D eigenvalue weighted by Crippen LogP contribution is 2.26. The molecule has 1 aliphatic heterocycles. The van der Waals surface area contributed by atoms with Crippen LogP contribution >= 0.6 is 0 Å². The van der Waals surface area contributed by atoms with Gasteiger partial charge in [0.15, 0.2) is 0 Å². The summed E-state index contributed by atoms with van der Waals surface area (Å²) < 4.78 is 8.29. The maximum absolute atomic E-state index is 6.00. The predicted molar refractivity (Wildman–Crippen MR) is 93.9 cm³/mol. The van der Waals surface area contributed by atoms with Crippen LogP contribution in [0.3, 0.4) is 0 Å². The third-order valence-corrected chi connectivity index (χ3v) is 5.01. The minimum Gasteiger partial charge on any atom is -0.461 e. The van der Waals surface area contributed by atoms with Gasteiger partial charge in [-0.1, -0.05) is 32.0 Å². The summed E-state index contributed by atoms with van der Waals surface area (Å²) in [5.74, 6) is 3.33. The lowest BCUT2D eigenvalue weighted by Gasteiger charge is -2.25. The first-order chi connectivity index (χ1) is 11.8. The Kier molecular flexibility index (Phi) is 4.10. The molecule has 5 heteroatoms. The average Bonchev–Trinajstić information content (AvgIpc) is 3.20. The molecular formula is C19H24N4O. The van der Waals surface area contributed by atoms with Crippen molar-refractivity contribution in [2.75, 3.05) is 0 Å². The number of hydrogen-bond acceptors (Lipinski definition) is 4. The van der Waals surface area contributed by atoms with Gasteiger partial charge in [-0.05, 0) is 12.5 Å². The molecule has 3 heterocycles. The topological polar surface area (TPSA) is 55.9 Å². The number of nitrogens with zero attached hydrogens (tertiary/aromatic N) is 3. The van der Waals surface area contributed by atoms with E-state index in [0.717, 1.165) is 61.8 Å². The molecule has 5 nitrogen and oxygen atoms in total. The third kappa shape index (κ3) is 2.63. The molecule has 24 heavy (non-hydrogen) atoms. The van der Waals surface area contributed by atoms with E-state index in [0.29, 0.717) is 6.04 Å². The van der Waals surface area contributed by atoms with Gasteiger partial charge in [0.25, 0.3) is 0 Å². The quantitative estimate of drug-likeness (QED) is 0.783. The molecule has 4 rings (SSSR count). The zero-order chi connectivity index (χ0) is 16.5. The van der Waals surface area contributed by atoms with Gasteiger partial charge in [-0.15, -0.1) is 10.2 Å². The number of fused-ring (bicyclic) bond motifs is 2. The molecule has 0 amide bonds. The summed E-state index contributed by atoms with van der Waals surface area (Å²) in [5.41, 5.74) is 2.29. The average molecular weight is 324 g/mol. The summed E-state index contributed by atoms with van der Waals surface area (Å²) in [6.45, 7) is 6.10. The Labute approximate surface area is 142 Å². The summed E-state index contributed by atoms with van der Waals surface area (Å²) >= 11 is 0. The molecule has 0 unspecified atom stereocenters. The fraction of sp³-hybridized carbons (Fsp3) is 0.474. The van der Waals surface area contributed by atoms with Gasteiger partial charge in [0.2, 0.25) is 0 Å². The summed E-state index contributed by atoms with van der Waals surface area (Å²) in [7, 11) is 0. The van der Waals surface area contributed by atoms with E-state index in [2.05, 4.69) is 52.1 Å². The number of para-hydroxylation sites is 1. The maximum atomic E-state index is 6.00. The number of furan rings is 1. The second-order valence-electron chi connectivity index (χ2n) is 6.47. The standard InChI is InChI=1S/C19H24N4O/c1-3-16-15(14-7-5-6-8-17(14)24-16)11-20-13-9-10-19-22-21-18(4-2)23(19)12-13/h5-8,13,20H,3-4,9-12H2,1-2H3/t13-/m0/s1. The SMILES string of the molecule is CCc1oc2ccccc2c1CN[C@H]1CCc2nnc(CC)n2C1. The monoisotopic (exact) mass is 324 g/mol. The number of nitrogens with one attached hydrogen (secondary N) is 1. The van der Waals surface area contributed by atoms with Crippen LogP contribution in [-0.2, 0) is 32.4 Å². The first-order valence-corrected chi connectivity index (χ1v) is 8.93. The number of aryl methyl sites for hydroxylation is 3. The highest BCUT2D eigenvalue weighted by Gasteiger charge is 2.22. The molecule has 1 atom stereocenters. The Morgan fingerprint density at radius 2 is 2.08 bits per heavy atom. The highest BCUT2D eigenvalue weighted by atomic mass is 16.3. The van der Waals surface area contributed by atoms with E-state index in [9.17, 15) is 0 Å². The summed E-state index contributed by atoms with van der Waals surface area (Å²) in [6, 6.07) is 8.78. The minimum atomic E-state index is 0.456. The van der Waals surface area contributed by atoms with E-state index >= 15 is 0 Å². The van der Waals surface area contributed by atoms with Crippen LogP contribution in [0, 0.1) is 0 Å². The van der Waals surface area contributed by atoms with E-state index in [1.807, 2.05) is 6.07 Å². The lowest BCUT2D eigenvalue weighted by Crippen LogP contribution is -2.37. The van der Waals surface area contributed by atoms with Crippen molar-refractivity contribution in [3.63, 3.8) is 0 Å². The normalized spacial score (nSPS) is 17.3. The Bertz CT molecular complexity index is 835. The molecule has 1 N–H and O–H groups in total. The number of benzene rings is 1. The van der Waals surface area contributed by atoms with E-state index in [4.69, 9.17) is 4.42 Å². The van der Waals surface area contributed by atoms with Crippen molar-refractivity contribution >= 4 is 11.0 Å². The predicted octanol–water partition coefficient (Wildman–Crippen LogP) is 3.25. The fourth-order valence-electron chi connectivity index (χ4n) is 3.69. The first kappa shape index (κ1) is 15.4. The largest absolute Gasteiger partial charge is 0.461 e. The van der Waals surface area contributed by atoms with Crippen molar-refractivity contribution in [1.29, 1.82) is 0 Å². The third-order valence-electron chi connectivity index (χ3n) is 5.01. The van der Waals surface area contributed by atoms with Crippen molar-refractivity contribution in [2.24, 2.45) is 0 Å². The Hall–Kier alpha value is -2.14. The molecule has 0 fully saturated rings. The van der Waals surface area contributed by atoms with Crippen molar-refractivity contribution in [3.05, 3.63) is 47.2 Å². The fourth-order valence-corrected chi connectivity index (χ4v) is 3.69. The molecule has 0 saturated carbocycles. The van der Waals surface area contributed by atoms with E-state index < -0.39 is 0 Å². The van der Waals surface area contributed by atoms with Crippen LogP contribution in [0.25, 0.3) is 11.0 Å². The summed E-state index contributed by atoms with van der Waals surface area (Å²) in [6.07, 6.45) is 3.97. The molecule has 0 saturated heterocycles. The molecule has 1 aliphatic rings. The van der Waals surface area contributed by atoms with Crippen molar-refractivity contribution in [1.82, 2.24) is 20.1 Å². The number of aromatic nitrogens is 3. The lowest BCUT2D eigenvalue weighted by atomic mass is 10.1. The zero-order valence-electron chi connectivity index (χ0n) is 14.4. The molecule has 0 spiro atoms. The van der Waals surface area contributed by atoms with Crippen molar-refractivity contribution in [2.45, 2.75) is 58.7 Å². The number of rotatable bonds is 5. The molecule has 126 valence electrons. The molecule has 0 aliphatic carbocycles. The van der Waals surface area contributed by atoms with Crippen LogP contribution in [0.15, 0.2) is 28.7 Å². The molecule has 0 bridgehead atoms. The first-order valence-electron chi connectivity index (χ1n) is 8.93. The molecule has 0 radical (unpaired) electrons. The summed E-state index contributed by atoms with van der Waals surface area (Å²) in [4.78, 5) is 0. The van der Waals surface area contributed by atoms with Gasteiger partial charge < -0.3 is 14.3 Å². The molecule has 2 aromatic heterocycles.